The Kier molecular flexibility index (Phi) is 8.87. The lowest BCUT2D eigenvalue weighted by Gasteiger charge is -2.27. The van der Waals surface area contributed by atoms with E-state index in [-0.39, 0.29) is 0 Å². The number of hydrogen-bond donors (Lipinski definition) is 0. The molecule has 11 rings (SSSR count). The number of para-hydroxylation sites is 1. The van der Waals surface area contributed by atoms with Crippen LogP contribution in [-0.2, 0) is 0 Å². The van der Waals surface area contributed by atoms with Crippen molar-refractivity contribution in [3.05, 3.63) is 237 Å². The largest absolute Gasteiger partial charge is 0.456 e. The van der Waals surface area contributed by atoms with Gasteiger partial charge in [0.1, 0.15) is 11.2 Å². The van der Waals surface area contributed by atoms with E-state index >= 15 is 0 Å². The predicted molar refractivity (Wildman–Crippen MR) is 253 cm³/mol. The maximum Gasteiger partial charge on any atom is 0.136 e. The number of anilines is 3. The van der Waals surface area contributed by atoms with Crippen LogP contribution in [0.2, 0.25) is 0 Å². The Bertz CT molecular complexity index is 3210. The van der Waals surface area contributed by atoms with E-state index in [4.69, 9.17) is 4.42 Å². The molecular weight excluding hydrogens is 727 g/mol. The van der Waals surface area contributed by atoms with Gasteiger partial charge < -0.3 is 9.32 Å². The highest BCUT2D eigenvalue weighted by molar-refractivity contribution is 6.22. The molecule has 0 aliphatic carbocycles. The highest BCUT2D eigenvalue weighted by Crippen LogP contribution is 2.43. The van der Waals surface area contributed by atoms with Crippen LogP contribution in [0.15, 0.2) is 241 Å². The van der Waals surface area contributed by atoms with Gasteiger partial charge in [0.2, 0.25) is 0 Å². The first-order valence-corrected chi connectivity index (χ1v) is 20.5. The summed E-state index contributed by atoms with van der Waals surface area (Å²) in [4.78, 5) is 2.36. The zero-order valence-corrected chi connectivity index (χ0v) is 32.9. The number of furan rings is 1. The monoisotopic (exact) mass is 765 g/mol. The molecule has 60 heavy (non-hydrogen) atoms. The van der Waals surface area contributed by atoms with Crippen LogP contribution < -0.4 is 4.90 Å². The minimum atomic E-state index is 0.897. The Morgan fingerprint density at radius 1 is 0.250 bits per heavy atom. The maximum absolute atomic E-state index is 6.52. The maximum atomic E-state index is 6.52. The molecule has 1 heterocycles. The van der Waals surface area contributed by atoms with E-state index in [1.54, 1.807) is 0 Å². The summed E-state index contributed by atoms with van der Waals surface area (Å²) in [7, 11) is 0. The normalized spacial score (nSPS) is 11.3. The van der Waals surface area contributed by atoms with E-state index in [0.717, 1.165) is 61.3 Å². The molecule has 0 atom stereocenters. The molecule has 0 unspecified atom stereocenters. The second kappa shape index (κ2) is 15.1. The van der Waals surface area contributed by atoms with Gasteiger partial charge in [0.25, 0.3) is 0 Å². The first kappa shape index (κ1) is 35.2. The summed E-state index contributed by atoms with van der Waals surface area (Å²) in [5.41, 5.74) is 16.8. The zero-order chi connectivity index (χ0) is 39.8. The average Bonchev–Trinajstić information content (AvgIpc) is 3.71. The van der Waals surface area contributed by atoms with Crippen LogP contribution in [0.1, 0.15) is 0 Å². The van der Waals surface area contributed by atoms with Crippen molar-refractivity contribution in [2.45, 2.75) is 0 Å². The van der Waals surface area contributed by atoms with Crippen molar-refractivity contribution < 1.29 is 4.42 Å². The van der Waals surface area contributed by atoms with E-state index in [0.29, 0.717) is 0 Å². The Morgan fingerprint density at radius 3 is 1.33 bits per heavy atom. The molecular formula is C58H39NO. The smallest absolute Gasteiger partial charge is 0.136 e. The van der Waals surface area contributed by atoms with Crippen LogP contribution in [0.4, 0.5) is 17.1 Å². The average molecular weight is 766 g/mol. The van der Waals surface area contributed by atoms with Crippen molar-refractivity contribution in [2.24, 2.45) is 0 Å². The van der Waals surface area contributed by atoms with E-state index in [1.807, 2.05) is 6.07 Å². The minimum absolute atomic E-state index is 0.897. The van der Waals surface area contributed by atoms with Crippen LogP contribution in [-0.4, -0.2) is 0 Å². The van der Waals surface area contributed by atoms with Crippen molar-refractivity contribution >= 4 is 49.8 Å². The highest BCUT2D eigenvalue weighted by Gasteiger charge is 2.18. The lowest BCUT2D eigenvalue weighted by atomic mass is 9.91. The van der Waals surface area contributed by atoms with Gasteiger partial charge in [-0.2, -0.15) is 0 Å². The summed E-state index contributed by atoms with van der Waals surface area (Å²) in [6.07, 6.45) is 0. The molecule has 282 valence electrons. The minimum Gasteiger partial charge on any atom is -0.456 e. The van der Waals surface area contributed by atoms with Crippen LogP contribution in [0, 0.1) is 0 Å². The molecule has 0 saturated carbocycles. The number of benzene rings is 10. The number of nitrogens with zero attached hydrogens (tertiary/aromatic N) is 1. The Balaban J connectivity index is 1.04. The molecule has 0 saturated heterocycles. The zero-order valence-electron chi connectivity index (χ0n) is 32.9. The van der Waals surface area contributed by atoms with Crippen LogP contribution in [0.3, 0.4) is 0 Å². The van der Waals surface area contributed by atoms with Gasteiger partial charge in [-0.1, -0.05) is 176 Å². The Labute approximate surface area is 349 Å². The molecule has 0 aliphatic rings. The summed E-state index contributed by atoms with van der Waals surface area (Å²) >= 11 is 0. The summed E-state index contributed by atoms with van der Waals surface area (Å²) < 4.78 is 6.52. The van der Waals surface area contributed by atoms with Gasteiger partial charge in [0.05, 0.1) is 0 Å². The van der Waals surface area contributed by atoms with Gasteiger partial charge in [-0.3, -0.25) is 0 Å². The Hall–Kier alpha value is -7.94. The van der Waals surface area contributed by atoms with Gasteiger partial charge in [0, 0.05) is 27.8 Å². The molecule has 0 aliphatic heterocycles. The Morgan fingerprint density at radius 2 is 0.717 bits per heavy atom. The van der Waals surface area contributed by atoms with Crippen LogP contribution in [0.5, 0.6) is 0 Å². The van der Waals surface area contributed by atoms with Crippen molar-refractivity contribution in [2.75, 3.05) is 4.90 Å². The molecule has 0 radical (unpaired) electrons. The molecule has 0 bridgehead atoms. The lowest BCUT2D eigenvalue weighted by molar-refractivity contribution is 0.669. The van der Waals surface area contributed by atoms with Gasteiger partial charge >= 0.3 is 0 Å². The molecule has 0 fully saturated rings. The number of rotatable bonds is 8. The standard InChI is InChI=1S/C58H39NO/c1-4-15-40(16-5-1)44-21-12-24-48(35-44)54-39-57-58(53-27-10-11-28-56(53)60-57)52-34-31-47(38-55(52)54)43-29-32-49(33-30-43)59(50-25-13-22-45(36-50)41-17-6-2-7-18-41)51-26-14-23-46(37-51)42-19-8-3-9-20-42/h1-39H. The summed E-state index contributed by atoms with van der Waals surface area (Å²) in [6.45, 7) is 0. The fourth-order valence-corrected chi connectivity index (χ4v) is 8.71. The van der Waals surface area contributed by atoms with Crippen molar-refractivity contribution in [3.8, 4) is 55.6 Å². The third-order valence-corrected chi connectivity index (χ3v) is 11.6. The second-order valence-corrected chi connectivity index (χ2v) is 15.3. The molecule has 0 spiro atoms. The lowest BCUT2D eigenvalue weighted by Crippen LogP contribution is -2.10. The quantitative estimate of drug-likeness (QED) is 0.153. The SMILES string of the molecule is c1ccc(-c2cccc(-c3cc4oc5ccccc5c4c4ccc(-c5ccc(N(c6cccc(-c7ccccc7)c6)c6cccc(-c7ccccc7)c6)cc5)cc34)c2)cc1. The van der Waals surface area contributed by atoms with Gasteiger partial charge in [-0.05, 0) is 127 Å². The van der Waals surface area contributed by atoms with Crippen molar-refractivity contribution in [3.63, 3.8) is 0 Å². The fourth-order valence-electron chi connectivity index (χ4n) is 8.71. The predicted octanol–water partition coefficient (Wildman–Crippen LogP) is 16.5. The van der Waals surface area contributed by atoms with E-state index in [1.165, 1.54) is 44.2 Å². The van der Waals surface area contributed by atoms with Crippen LogP contribution >= 0.6 is 0 Å². The fraction of sp³-hybridized carbons (Fsp3) is 0. The van der Waals surface area contributed by atoms with Gasteiger partial charge in [-0.25, -0.2) is 0 Å². The van der Waals surface area contributed by atoms with E-state index in [9.17, 15) is 0 Å². The topological polar surface area (TPSA) is 16.4 Å². The third kappa shape index (κ3) is 6.51. The van der Waals surface area contributed by atoms with Crippen LogP contribution in [0.25, 0.3) is 88.3 Å². The molecule has 10 aromatic carbocycles. The van der Waals surface area contributed by atoms with Gasteiger partial charge in [-0.15, -0.1) is 0 Å². The highest BCUT2D eigenvalue weighted by atomic mass is 16.3. The molecule has 0 amide bonds. The molecule has 2 nitrogen and oxygen atoms in total. The molecule has 11 aromatic rings. The second-order valence-electron chi connectivity index (χ2n) is 15.3. The number of hydrogen-bond acceptors (Lipinski definition) is 2. The molecule has 2 heteroatoms. The summed E-state index contributed by atoms with van der Waals surface area (Å²) in [5, 5.41) is 4.65. The first-order valence-electron chi connectivity index (χ1n) is 20.5. The van der Waals surface area contributed by atoms with Crippen molar-refractivity contribution in [1.29, 1.82) is 0 Å². The number of fused-ring (bicyclic) bond motifs is 5. The van der Waals surface area contributed by atoms with Crippen molar-refractivity contribution in [1.82, 2.24) is 0 Å². The first-order chi connectivity index (χ1) is 29.7. The molecule has 0 N–H and O–H groups in total. The van der Waals surface area contributed by atoms with Gasteiger partial charge in [0.15, 0.2) is 0 Å². The van der Waals surface area contributed by atoms with E-state index in [2.05, 4.69) is 235 Å². The third-order valence-electron chi connectivity index (χ3n) is 11.6. The summed E-state index contributed by atoms with van der Waals surface area (Å²) in [5.74, 6) is 0. The van der Waals surface area contributed by atoms with E-state index < -0.39 is 0 Å². The summed E-state index contributed by atoms with van der Waals surface area (Å²) in [6, 6.07) is 84.8. The molecule has 1 aromatic heterocycles.